The molecule has 0 aliphatic carbocycles. The second-order valence-corrected chi connectivity index (χ2v) is 11.1. The maximum atomic E-state index is 13.1. The van der Waals surface area contributed by atoms with E-state index < -0.39 is 63.3 Å². The van der Waals surface area contributed by atoms with Crippen molar-refractivity contribution in [3.8, 4) is 5.75 Å². The fourth-order valence-corrected chi connectivity index (χ4v) is 5.87. The van der Waals surface area contributed by atoms with Crippen molar-refractivity contribution in [2.75, 3.05) is 5.32 Å². The molecular weight excluding hydrogens is 496 g/mol. The summed E-state index contributed by atoms with van der Waals surface area (Å²) < 4.78 is 48.9. The van der Waals surface area contributed by atoms with Gasteiger partial charge in [-0.2, -0.15) is 0 Å². The quantitative estimate of drug-likeness (QED) is 0.400. The summed E-state index contributed by atoms with van der Waals surface area (Å²) in [5, 5.41) is 22.9. The number of nitrogens with two attached hydrogens (primary N) is 2. The Labute approximate surface area is 192 Å². The molecule has 6 N–H and O–H groups in total. The molecule has 1 aliphatic heterocycles. The number of aromatic nitrogens is 1. The predicted molar refractivity (Wildman–Crippen MR) is 120 cm³/mol. The van der Waals surface area contributed by atoms with Crippen LogP contribution in [0.15, 0.2) is 44.9 Å². The van der Waals surface area contributed by atoms with Gasteiger partial charge in [0.2, 0.25) is 20.0 Å². The van der Waals surface area contributed by atoms with Gasteiger partial charge in [-0.3, -0.25) is 9.59 Å². The molecule has 2 aromatic carbocycles. The van der Waals surface area contributed by atoms with Crippen LogP contribution in [0, 0.1) is 0 Å². The number of carbonyl (C=O) groups excluding carboxylic acids is 1. The lowest BCUT2D eigenvalue weighted by Crippen LogP contribution is -2.30. The van der Waals surface area contributed by atoms with Gasteiger partial charge in [0.25, 0.3) is 11.5 Å². The zero-order valence-electron chi connectivity index (χ0n) is 16.9. The summed E-state index contributed by atoms with van der Waals surface area (Å²) >= 11 is 5.92. The van der Waals surface area contributed by atoms with Crippen molar-refractivity contribution >= 4 is 54.1 Å². The average Bonchev–Trinajstić information content (AvgIpc) is 3.01. The third kappa shape index (κ3) is 3.77. The second-order valence-electron chi connectivity index (χ2n) is 7.59. The van der Waals surface area contributed by atoms with Crippen LogP contribution in [0.1, 0.15) is 28.9 Å². The fourth-order valence-electron chi connectivity index (χ4n) is 4.00. The Morgan fingerprint density at radius 2 is 1.79 bits per heavy atom. The number of nitrogens with one attached hydrogen (secondary N) is 1. The summed E-state index contributed by atoms with van der Waals surface area (Å²) in [6.07, 6.45) is 0.525. The molecule has 0 fully saturated rings. The molecule has 1 unspecified atom stereocenters. The van der Waals surface area contributed by atoms with Crippen molar-refractivity contribution in [3.05, 3.63) is 56.8 Å². The molecular formula is C19H17ClN4O7S2. The minimum absolute atomic E-state index is 0.274. The van der Waals surface area contributed by atoms with Crippen LogP contribution in [-0.4, -0.2) is 32.4 Å². The van der Waals surface area contributed by atoms with Crippen molar-refractivity contribution < 1.29 is 26.7 Å². The minimum atomic E-state index is -4.57. The highest BCUT2D eigenvalue weighted by Gasteiger charge is 2.30. The average molecular weight is 513 g/mol. The lowest BCUT2D eigenvalue weighted by Gasteiger charge is -2.16. The second kappa shape index (κ2) is 7.53. The molecule has 33 heavy (non-hydrogen) atoms. The number of sulfonamides is 2. The van der Waals surface area contributed by atoms with Gasteiger partial charge in [-0.05, 0) is 37.1 Å². The minimum Gasteiger partial charge on any atom is -0.506 e. The molecule has 1 atom stereocenters. The van der Waals surface area contributed by atoms with Gasteiger partial charge >= 0.3 is 0 Å². The molecule has 3 aromatic rings. The van der Waals surface area contributed by atoms with E-state index in [-0.39, 0.29) is 11.4 Å². The van der Waals surface area contributed by atoms with E-state index in [0.29, 0.717) is 18.0 Å². The van der Waals surface area contributed by atoms with Crippen molar-refractivity contribution in [3.63, 3.8) is 0 Å². The fraction of sp³-hybridized carbons (Fsp3) is 0.158. The molecule has 0 spiro atoms. The van der Waals surface area contributed by atoms with Gasteiger partial charge in [0.05, 0.1) is 16.2 Å². The third-order valence-electron chi connectivity index (χ3n) is 5.36. The largest absolute Gasteiger partial charge is 0.506 e. The van der Waals surface area contributed by atoms with Gasteiger partial charge in [0.1, 0.15) is 21.1 Å². The first-order valence-electron chi connectivity index (χ1n) is 9.31. The molecule has 4 rings (SSSR count). The van der Waals surface area contributed by atoms with E-state index in [1.54, 1.807) is 19.1 Å². The summed E-state index contributed by atoms with van der Waals surface area (Å²) in [6.45, 7) is 1.78. The number of nitrogens with zero attached hydrogens (tertiary/aromatic N) is 1. The van der Waals surface area contributed by atoms with Crippen molar-refractivity contribution in [1.29, 1.82) is 0 Å². The Morgan fingerprint density at radius 1 is 1.15 bits per heavy atom. The molecule has 0 saturated carbocycles. The first-order chi connectivity index (χ1) is 15.2. The predicted octanol–water partition coefficient (Wildman–Crippen LogP) is 1.02. The SMILES string of the molecule is CC1Cc2cccc3c(O)c(C(=O)Nc4cc(Cl)c(S(N)(=O)=O)cc4S(N)(=O)=O)c(=O)n1c23. The van der Waals surface area contributed by atoms with E-state index >= 15 is 0 Å². The van der Waals surface area contributed by atoms with Crippen molar-refractivity contribution in [2.24, 2.45) is 10.3 Å². The number of primary sulfonamides is 2. The monoisotopic (exact) mass is 512 g/mol. The van der Waals surface area contributed by atoms with Crippen LogP contribution in [0.5, 0.6) is 5.75 Å². The Bertz CT molecular complexity index is 1650. The highest BCUT2D eigenvalue weighted by atomic mass is 35.5. The molecule has 1 aromatic heterocycles. The first kappa shape index (κ1) is 23.2. The number of aromatic hydroxyl groups is 1. The van der Waals surface area contributed by atoms with Crippen LogP contribution in [-0.2, 0) is 26.5 Å². The number of hydrogen-bond donors (Lipinski definition) is 4. The van der Waals surface area contributed by atoms with Crippen LogP contribution in [0.4, 0.5) is 5.69 Å². The van der Waals surface area contributed by atoms with Gasteiger partial charge in [0, 0.05) is 11.4 Å². The van der Waals surface area contributed by atoms with Crippen LogP contribution >= 0.6 is 11.6 Å². The topological polar surface area (TPSA) is 192 Å². The highest BCUT2D eigenvalue weighted by Crippen LogP contribution is 2.37. The van der Waals surface area contributed by atoms with E-state index in [0.717, 1.165) is 11.6 Å². The van der Waals surface area contributed by atoms with Crippen LogP contribution < -0.4 is 21.2 Å². The van der Waals surface area contributed by atoms with Crippen molar-refractivity contribution in [1.82, 2.24) is 4.57 Å². The van der Waals surface area contributed by atoms with E-state index in [4.69, 9.17) is 21.9 Å². The van der Waals surface area contributed by atoms with Crippen LogP contribution in [0.2, 0.25) is 5.02 Å². The maximum Gasteiger partial charge on any atom is 0.268 e. The molecule has 0 bridgehead atoms. The summed E-state index contributed by atoms with van der Waals surface area (Å²) in [4.78, 5) is 24.7. The lowest BCUT2D eigenvalue weighted by molar-refractivity contribution is 0.102. The number of para-hydroxylation sites is 1. The Balaban J connectivity index is 1.91. The summed E-state index contributed by atoms with van der Waals surface area (Å²) in [5.74, 6) is -1.72. The highest BCUT2D eigenvalue weighted by molar-refractivity contribution is 7.90. The smallest absolute Gasteiger partial charge is 0.268 e. The van der Waals surface area contributed by atoms with Crippen LogP contribution in [0.3, 0.4) is 0 Å². The normalized spacial score (nSPS) is 15.7. The van der Waals surface area contributed by atoms with Gasteiger partial charge in [-0.15, -0.1) is 0 Å². The summed E-state index contributed by atoms with van der Waals surface area (Å²) in [5.41, 5.74) is -0.558. The van der Waals surface area contributed by atoms with E-state index in [1.165, 1.54) is 4.57 Å². The number of rotatable bonds is 4. The first-order valence-corrected chi connectivity index (χ1v) is 12.8. The molecule has 0 radical (unpaired) electrons. The number of hydrogen-bond acceptors (Lipinski definition) is 7. The van der Waals surface area contributed by atoms with E-state index in [2.05, 4.69) is 5.32 Å². The molecule has 174 valence electrons. The molecule has 2 heterocycles. The Kier molecular flexibility index (Phi) is 5.29. The van der Waals surface area contributed by atoms with Gasteiger partial charge in [-0.1, -0.05) is 23.7 Å². The number of halogens is 1. The van der Waals surface area contributed by atoms with Crippen molar-refractivity contribution in [2.45, 2.75) is 29.2 Å². The molecule has 1 aliphatic rings. The van der Waals surface area contributed by atoms with E-state index in [9.17, 15) is 31.5 Å². The van der Waals surface area contributed by atoms with E-state index in [1.807, 2.05) is 6.07 Å². The zero-order chi connectivity index (χ0) is 24.5. The van der Waals surface area contributed by atoms with Gasteiger partial charge < -0.3 is 15.0 Å². The molecule has 0 saturated heterocycles. The number of benzene rings is 2. The number of carbonyl (C=O) groups is 1. The summed E-state index contributed by atoms with van der Waals surface area (Å²) in [7, 11) is -8.99. The molecule has 1 amide bonds. The zero-order valence-corrected chi connectivity index (χ0v) is 19.3. The summed E-state index contributed by atoms with van der Waals surface area (Å²) in [6, 6.07) is 6.18. The number of anilines is 1. The number of amides is 1. The van der Waals surface area contributed by atoms with Crippen LogP contribution in [0.25, 0.3) is 10.9 Å². The molecule has 11 nitrogen and oxygen atoms in total. The Hall–Kier alpha value is -2.97. The molecule has 14 heteroatoms. The van der Waals surface area contributed by atoms with Gasteiger partial charge in [0.15, 0.2) is 0 Å². The number of pyridine rings is 1. The maximum absolute atomic E-state index is 13.1. The standard InChI is InChI=1S/C19H17ClN4O7S2/c1-8-5-9-3-2-4-10-16(9)24(8)19(27)15(17(10)25)18(26)23-12-6-11(20)13(32(21,28)29)7-14(12)33(22,30)31/h2-4,6-8,25H,5H2,1H3,(H,23,26)(H2,21,28,29)(H2,22,30,31). The lowest BCUT2D eigenvalue weighted by atomic mass is 10.1. The van der Waals surface area contributed by atoms with Gasteiger partial charge in [-0.25, -0.2) is 27.1 Å². The Morgan fingerprint density at radius 3 is 2.39 bits per heavy atom. The third-order valence-corrected chi connectivity index (χ3v) is 7.69.